The van der Waals surface area contributed by atoms with E-state index >= 15 is 0 Å². The third kappa shape index (κ3) is 1.84. The number of phenolic OH excluding ortho intramolecular Hbond substituents is 1. The smallest absolute Gasteiger partial charge is 0.142 e. The van der Waals surface area contributed by atoms with Crippen LogP contribution in [0.1, 0.15) is 5.56 Å². The first kappa shape index (κ1) is 10.1. The number of aromatic hydroxyl groups is 1. The van der Waals surface area contributed by atoms with Crippen molar-refractivity contribution in [2.24, 2.45) is 0 Å². The van der Waals surface area contributed by atoms with Crippen LogP contribution in [0.4, 0.5) is 4.39 Å². The van der Waals surface area contributed by atoms with Gasteiger partial charge in [-0.15, -0.1) is 0 Å². The molecule has 0 radical (unpaired) electrons. The van der Waals surface area contributed by atoms with Gasteiger partial charge in [0.15, 0.2) is 0 Å². The molecule has 1 heterocycles. The van der Waals surface area contributed by atoms with Crippen molar-refractivity contribution in [3.05, 3.63) is 48.0 Å². The van der Waals surface area contributed by atoms with E-state index in [1.807, 2.05) is 6.07 Å². The van der Waals surface area contributed by atoms with Gasteiger partial charge in [-0.3, -0.25) is 4.98 Å². The van der Waals surface area contributed by atoms with Crippen LogP contribution in [-0.4, -0.2) is 10.1 Å². The van der Waals surface area contributed by atoms with Crippen molar-refractivity contribution in [1.29, 1.82) is 5.26 Å². The highest BCUT2D eigenvalue weighted by atomic mass is 19.1. The molecule has 1 aromatic carbocycles. The molecule has 0 atom stereocenters. The molecule has 4 heteroatoms. The lowest BCUT2D eigenvalue weighted by molar-refractivity contribution is 0.473. The van der Waals surface area contributed by atoms with E-state index < -0.39 is 5.82 Å². The van der Waals surface area contributed by atoms with E-state index in [1.165, 1.54) is 24.4 Å². The molecule has 0 saturated heterocycles. The van der Waals surface area contributed by atoms with Crippen LogP contribution in [0.3, 0.4) is 0 Å². The third-order valence-corrected chi connectivity index (χ3v) is 2.16. The molecule has 0 spiro atoms. The second-order valence-corrected chi connectivity index (χ2v) is 3.24. The van der Waals surface area contributed by atoms with Crippen LogP contribution in [-0.2, 0) is 0 Å². The number of halogens is 1. The van der Waals surface area contributed by atoms with Crippen LogP contribution in [0.15, 0.2) is 36.7 Å². The van der Waals surface area contributed by atoms with Crippen LogP contribution in [0, 0.1) is 17.1 Å². The van der Waals surface area contributed by atoms with Crippen LogP contribution in [0.5, 0.6) is 5.75 Å². The van der Waals surface area contributed by atoms with E-state index in [1.54, 1.807) is 6.07 Å². The largest absolute Gasteiger partial charge is 0.507 e. The second kappa shape index (κ2) is 3.99. The summed E-state index contributed by atoms with van der Waals surface area (Å²) in [5.74, 6) is -0.528. The number of phenols is 1. The van der Waals surface area contributed by atoms with E-state index in [9.17, 15) is 9.50 Å². The fourth-order valence-electron chi connectivity index (χ4n) is 1.37. The van der Waals surface area contributed by atoms with Crippen molar-refractivity contribution in [3.8, 4) is 22.9 Å². The fraction of sp³-hybridized carbons (Fsp3) is 0. The van der Waals surface area contributed by atoms with Crippen LogP contribution < -0.4 is 0 Å². The Bertz CT molecular complexity index is 575. The molecule has 2 rings (SSSR count). The number of nitriles is 1. The molecule has 78 valence electrons. The zero-order valence-electron chi connectivity index (χ0n) is 8.18. The third-order valence-electron chi connectivity index (χ3n) is 2.16. The maximum absolute atomic E-state index is 12.9. The minimum atomic E-state index is -0.441. The predicted octanol–water partition coefficient (Wildman–Crippen LogP) is 2.46. The summed E-state index contributed by atoms with van der Waals surface area (Å²) in [6.07, 6.45) is 2.60. The molecule has 3 nitrogen and oxygen atoms in total. The lowest BCUT2D eigenvalue weighted by atomic mass is 10.0. The number of benzene rings is 1. The van der Waals surface area contributed by atoms with Crippen LogP contribution in [0.2, 0.25) is 0 Å². The van der Waals surface area contributed by atoms with E-state index in [0.29, 0.717) is 11.1 Å². The number of aromatic nitrogens is 1. The summed E-state index contributed by atoms with van der Waals surface area (Å²) >= 11 is 0. The van der Waals surface area contributed by atoms with Crippen molar-refractivity contribution in [2.75, 3.05) is 0 Å². The quantitative estimate of drug-likeness (QED) is 0.793. The fourth-order valence-corrected chi connectivity index (χ4v) is 1.37. The van der Waals surface area contributed by atoms with Gasteiger partial charge in [-0.2, -0.15) is 5.26 Å². The summed E-state index contributed by atoms with van der Waals surface area (Å²) in [6.45, 7) is 0. The Morgan fingerprint density at radius 3 is 2.69 bits per heavy atom. The topological polar surface area (TPSA) is 56.9 Å². The standard InChI is InChI=1S/C12H7FN2O/c13-11-4-10(6-15-7-11)8-1-2-12(16)9(3-8)5-14/h1-4,6-7,16H. The van der Waals surface area contributed by atoms with Crippen LogP contribution in [0.25, 0.3) is 11.1 Å². The van der Waals surface area contributed by atoms with Crippen LogP contribution >= 0.6 is 0 Å². The van der Waals surface area contributed by atoms with Gasteiger partial charge in [-0.25, -0.2) is 4.39 Å². The summed E-state index contributed by atoms with van der Waals surface area (Å²) in [7, 11) is 0. The maximum atomic E-state index is 12.9. The molecule has 1 N–H and O–H groups in total. The van der Waals surface area contributed by atoms with Crippen molar-refractivity contribution < 1.29 is 9.50 Å². The van der Waals surface area contributed by atoms with Crippen molar-refractivity contribution in [3.63, 3.8) is 0 Å². The van der Waals surface area contributed by atoms with Gasteiger partial charge in [0.1, 0.15) is 17.6 Å². The van der Waals surface area contributed by atoms with Gasteiger partial charge in [0.2, 0.25) is 0 Å². The summed E-state index contributed by atoms with van der Waals surface area (Å²) in [5, 5.41) is 18.1. The lowest BCUT2D eigenvalue weighted by Crippen LogP contribution is -1.84. The van der Waals surface area contributed by atoms with E-state index in [2.05, 4.69) is 4.98 Å². The van der Waals surface area contributed by atoms with Crippen molar-refractivity contribution >= 4 is 0 Å². The van der Waals surface area contributed by atoms with Crippen molar-refractivity contribution in [1.82, 2.24) is 4.98 Å². The number of rotatable bonds is 1. The highest BCUT2D eigenvalue weighted by molar-refractivity contribution is 5.66. The van der Waals surface area contributed by atoms with Crippen molar-refractivity contribution in [2.45, 2.75) is 0 Å². The molecular weight excluding hydrogens is 207 g/mol. The van der Waals surface area contributed by atoms with Gasteiger partial charge in [-0.1, -0.05) is 6.07 Å². The molecule has 16 heavy (non-hydrogen) atoms. The molecule has 0 aliphatic rings. The van der Waals surface area contributed by atoms with Gasteiger partial charge in [-0.05, 0) is 23.8 Å². The zero-order chi connectivity index (χ0) is 11.5. The lowest BCUT2D eigenvalue weighted by Gasteiger charge is -2.02. The molecular formula is C12H7FN2O. The number of nitrogens with zero attached hydrogens (tertiary/aromatic N) is 2. The molecule has 2 aromatic rings. The first-order valence-corrected chi connectivity index (χ1v) is 4.55. The Kier molecular flexibility index (Phi) is 2.52. The molecule has 1 aromatic heterocycles. The van der Waals surface area contributed by atoms with Gasteiger partial charge >= 0.3 is 0 Å². The maximum Gasteiger partial charge on any atom is 0.142 e. The Balaban J connectivity index is 2.54. The first-order chi connectivity index (χ1) is 7.70. The Labute approximate surface area is 91.4 Å². The average Bonchev–Trinajstić information content (AvgIpc) is 2.29. The summed E-state index contributed by atoms with van der Waals surface area (Å²) in [6, 6.07) is 7.67. The number of hydrogen-bond acceptors (Lipinski definition) is 3. The molecule has 0 unspecified atom stereocenters. The Hall–Kier alpha value is -2.41. The first-order valence-electron chi connectivity index (χ1n) is 4.55. The second-order valence-electron chi connectivity index (χ2n) is 3.24. The van der Waals surface area contributed by atoms with E-state index in [0.717, 1.165) is 6.20 Å². The Morgan fingerprint density at radius 2 is 2.00 bits per heavy atom. The molecule has 0 aliphatic carbocycles. The van der Waals surface area contributed by atoms with Gasteiger partial charge in [0.25, 0.3) is 0 Å². The summed E-state index contributed by atoms with van der Waals surface area (Å²) < 4.78 is 12.9. The number of pyridine rings is 1. The minimum Gasteiger partial charge on any atom is -0.507 e. The van der Waals surface area contributed by atoms with E-state index in [4.69, 9.17) is 5.26 Å². The zero-order valence-corrected chi connectivity index (χ0v) is 8.18. The minimum absolute atomic E-state index is 0.0874. The molecule has 0 fully saturated rings. The molecule has 0 bridgehead atoms. The summed E-state index contributed by atoms with van der Waals surface area (Å²) in [4.78, 5) is 3.72. The average molecular weight is 214 g/mol. The van der Waals surface area contributed by atoms with Gasteiger partial charge < -0.3 is 5.11 Å². The number of hydrogen-bond donors (Lipinski definition) is 1. The van der Waals surface area contributed by atoms with Gasteiger partial charge in [0, 0.05) is 11.8 Å². The SMILES string of the molecule is N#Cc1cc(-c2cncc(F)c2)ccc1O. The van der Waals surface area contributed by atoms with E-state index in [-0.39, 0.29) is 11.3 Å². The summed E-state index contributed by atoms with van der Waals surface area (Å²) in [5.41, 5.74) is 1.36. The Morgan fingerprint density at radius 1 is 1.19 bits per heavy atom. The molecule has 0 amide bonds. The molecule has 0 saturated carbocycles. The predicted molar refractivity (Wildman–Crippen MR) is 56.0 cm³/mol. The highest BCUT2D eigenvalue weighted by Crippen LogP contribution is 2.25. The molecule has 0 aliphatic heterocycles. The van der Waals surface area contributed by atoms with Gasteiger partial charge in [0.05, 0.1) is 11.8 Å². The normalized spacial score (nSPS) is 9.75. The highest BCUT2D eigenvalue weighted by Gasteiger charge is 2.04. The monoisotopic (exact) mass is 214 g/mol.